The Hall–Kier alpha value is -1.67. The van der Waals surface area contributed by atoms with Gasteiger partial charge in [0.2, 0.25) is 0 Å². The molecule has 0 saturated heterocycles. The Morgan fingerprint density at radius 3 is 2.62 bits per heavy atom. The summed E-state index contributed by atoms with van der Waals surface area (Å²) in [4.78, 5) is 23.8. The highest BCUT2D eigenvalue weighted by Gasteiger charge is 2.22. The van der Waals surface area contributed by atoms with Gasteiger partial charge in [0.1, 0.15) is 0 Å². The predicted octanol–water partition coefficient (Wildman–Crippen LogP) is 4.89. The highest BCUT2D eigenvalue weighted by molar-refractivity contribution is 9.09. The smallest absolute Gasteiger partial charge is 0.306 e. The zero-order valence-electron chi connectivity index (χ0n) is 14.7. The minimum atomic E-state index is -1.04. The Balaban J connectivity index is 2.34. The predicted molar refractivity (Wildman–Crippen MR) is 103 cm³/mol. The number of benzene rings is 1. The second-order valence-corrected chi connectivity index (χ2v) is 8.68. The number of carbonyl (C=O) groups excluding carboxylic acids is 1. The van der Waals surface area contributed by atoms with E-state index in [0.717, 1.165) is 11.3 Å². The van der Waals surface area contributed by atoms with E-state index in [4.69, 9.17) is 14.6 Å². The average molecular weight is 447 g/mol. The van der Waals surface area contributed by atoms with E-state index in [2.05, 4.69) is 15.9 Å². The molecule has 1 N–H and O–H groups in total. The first-order valence-electron chi connectivity index (χ1n) is 8.07. The number of ether oxygens (including phenoxy) is 2. The number of methoxy groups -OCH3 is 1. The Morgan fingerprint density at radius 1 is 1.35 bits per heavy atom. The molecule has 2 unspecified atom stereocenters. The molecular formula is C18H20BrFO5S. The van der Waals surface area contributed by atoms with Crippen molar-refractivity contribution in [2.75, 3.05) is 13.7 Å². The first-order chi connectivity index (χ1) is 12.2. The molecule has 5 nitrogen and oxygen atoms in total. The molecule has 2 rings (SSSR count). The maximum absolute atomic E-state index is 14.9. The van der Waals surface area contributed by atoms with E-state index in [0.29, 0.717) is 22.6 Å². The fourth-order valence-electron chi connectivity index (χ4n) is 2.31. The molecule has 0 radical (unpaired) electrons. The fraction of sp³-hybridized carbons (Fsp3) is 0.444. The fourth-order valence-corrected chi connectivity index (χ4v) is 3.53. The van der Waals surface area contributed by atoms with Gasteiger partial charge in [-0.05, 0) is 12.5 Å². The van der Waals surface area contributed by atoms with E-state index in [1.807, 2.05) is 6.92 Å². The number of Topliss-reactive ketones (excluding diaryl/α,β-unsaturated/α-hetero) is 1. The topological polar surface area (TPSA) is 72.8 Å². The van der Waals surface area contributed by atoms with E-state index in [9.17, 15) is 14.0 Å². The molecule has 0 aliphatic carbocycles. The van der Waals surface area contributed by atoms with Gasteiger partial charge in [-0.2, -0.15) is 0 Å². The van der Waals surface area contributed by atoms with Crippen LogP contribution < -0.4 is 9.47 Å². The summed E-state index contributed by atoms with van der Waals surface area (Å²) >= 11 is 4.52. The Kier molecular flexibility index (Phi) is 7.00. The van der Waals surface area contributed by atoms with Crippen molar-refractivity contribution in [3.63, 3.8) is 0 Å². The van der Waals surface area contributed by atoms with E-state index in [1.165, 1.54) is 20.1 Å². The molecule has 1 heterocycles. The van der Waals surface area contributed by atoms with Crippen molar-refractivity contribution in [3.8, 4) is 11.5 Å². The van der Waals surface area contributed by atoms with Gasteiger partial charge in [0.15, 0.2) is 23.1 Å². The molecule has 8 heteroatoms. The molecule has 0 aliphatic heterocycles. The van der Waals surface area contributed by atoms with Crippen LogP contribution >= 0.6 is 27.3 Å². The molecule has 0 bridgehead atoms. The van der Waals surface area contributed by atoms with Crippen molar-refractivity contribution >= 4 is 49.1 Å². The summed E-state index contributed by atoms with van der Waals surface area (Å²) in [7, 11) is 1.43. The first-order valence-corrected chi connectivity index (χ1v) is 9.80. The minimum Gasteiger partial charge on any atom is -0.493 e. The minimum absolute atomic E-state index is 0.0175. The van der Waals surface area contributed by atoms with Crippen molar-refractivity contribution in [1.82, 2.24) is 0 Å². The van der Waals surface area contributed by atoms with Crippen LogP contribution in [0.3, 0.4) is 0 Å². The Labute approximate surface area is 163 Å². The number of rotatable bonds is 9. The van der Waals surface area contributed by atoms with Gasteiger partial charge in [0, 0.05) is 27.4 Å². The molecule has 0 amide bonds. The lowest BCUT2D eigenvalue weighted by molar-refractivity contribution is -0.141. The highest BCUT2D eigenvalue weighted by atomic mass is 79.9. The van der Waals surface area contributed by atoms with Crippen LogP contribution in [-0.2, 0) is 4.79 Å². The lowest BCUT2D eigenvalue weighted by Gasteiger charge is -2.12. The number of ketones is 1. The van der Waals surface area contributed by atoms with Crippen LogP contribution in [0.25, 0.3) is 10.1 Å². The molecule has 0 spiro atoms. The zero-order chi connectivity index (χ0) is 19.4. The Bertz CT molecular complexity index is 818. The molecule has 0 saturated carbocycles. The molecule has 2 atom stereocenters. The van der Waals surface area contributed by atoms with Crippen molar-refractivity contribution in [3.05, 3.63) is 22.8 Å². The van der Waals surface area contributed by atoms with Crippen LogP contribution in [-0.4, -0.2) is 35.4 Å². The first kappa shape index (κ1) is 20.6. The Morgan fingerprint density at radius 2 is 2.04 bits per heavy atom. The van der Waals surface area contributed by atoms with Crippen LogP contribution in [0.15, 0.2) is 12.1 Å². The number of fused-ring (bicyclic) bond motifs is 1. The summed E-state index contributed by atoms with van der Waals surface area (Å²) in [5.41, 5.74) is 0. The molecule has 26 heavy (non-hydrogen) atoms. The van der Waals surface area contributed by atoms with Crippen LogP contribution in [0.5, 0.6) is 11.5 Å². The molecule has 1 aromatic heterocycles. The molecule has 0 aliphatic rings. The average Bonchev–Trinajstić information content (AvgIpc) is 3.00. The number of thiophene rings is 1. The number of carbonyl (C=O) groups is 2. The second-order valence-electron chi connectivity index (χ2n) is 6.03. The lowest BCUT2D eigenvalue weighted by atomic mass is 10.0. The molecule has 0 fully saturated rings. The van der Waals surface area contributed by atoms with E-state index >= 15 is 0 Å². The molecule has 1 aromatic carbocycles. The van der Waals surface area contributed by atoms with Crippen molar-refractivity contribution in [1.29, 1.82) is 0 Å². The molecule has 2 aromatic rings. The summed E-state index contributed by atoms with van der Waals surface area (Å²) in [6, 6.07) is 3.08. The van der Waals surface area contributed by atoms with Crippen LogP contribution in [0.4, 0.5) is 4.39 Å². The van der Waals surface area contributed by atoms with Crippen LogP contribution in [0.1, 0.15) is 36.4 Å². The van der Waals surface area contributed by atoms with E-state index < -0.39 is 17.7 Å². The van der Waals surface area contributed by atoms with Crippen molar-refractivity contribution in [2.24, 2.45) is 5.92 Å². The van der Waals surface area contributed by atoms with Gasteiger partial charge in [-0.1, -0.05) is 29.8 Å². The molecule has 142 valence electrons. The SMILES string of the molecule is COc1cc2sc(C(=O)CC(C)C(=O)O)cc2c(F)c1OCCC(C)Br. The van der Waals surface area contributed by atoms with E-state index in [-0.39, 0.29) is 33.9 Å². The van der Waals surface area contributed by atoms with Crippen molar-refractivity contribution < 1.29 is 28.6 Å². The molecular weight excluding hydrogens is 427 g/mol. The number of halogens is 2. The number of carboxylic acid groups (broad SMARTS) is 1. The summed E-state index contributed by atoms with van der Waals surface area (Å²) in [5, 5.41) is 9.21. The largest absolute Gasteiger partial charge is 0.493 e. The number of hydrogen-bond donors (Lipinski definition) is 1. The van der Waals surface area contributed by atoms with E-state index in [1.54, 1.807) is 6.07 Å². The summed E-state index contributed by atoms with van der Waals surface area (Å²) in [6.45, 7) is 3.75. The summed E-state index contributed by atoms with van der Waals surface area (Å²) in [6.07, 6.45) is 0.564. The lowest BCUT2D eigenvalue weighted by Crippen LogP contribution is -2.13. The summed E-state index contributed by atoms with van der Waals surface area (Å²) < 4.78 is 26.2. The highest BCUT2D eigenvalue weighted by Crippen LogP contribution is 2.40. The summed E-state index contributed by atoms with van der Waals surface area (Å²) in [5.74, 6) is -2.46. The van der Waals surface area contributed by atoms with Gasteiger partial charge in [0.25, 0.3) is 0 Å². The normalized spacial score (nSPS) is 13.4. The standard InChI is InChI=1S/C18H20BrFO5S/c1-9(18(22)23)6-12(21)15-7-11-14(26-15)8-13(24-3)17(16(11)20)25-5-4-10(2)19/h7-10H,4-6H2,1-3H3,(H,22,23). The number of hydrogen-bond acceptors (Lipinski definition) is 5. The third kappa shape index (κ3) is 4.73. The number of alkyl halides is 1. The third-order valence-electron chi connectivity index (χ3n) is 3.85. The van der Waals surface area contributed by atoms with Gasteiger partial charge in [-0.15, -0.1) is 11.3 Å². The quantitative estimate of drug-likeness (QED) is 0.438. The van der Waals surface area contributed by atoms with Gasteiger partial charge in [0.05, 0.1) is 24.5 Å². The maximum atomic E-state index is 14.9. The zero-order valence-corrected chi connectivity index (χ0v) is 17.1. The third-order valence-corrected chi connectivity index (χ3v) is 5.43. The van der Waals surface area contributed by atoms with Gasteiger partial charge in [-0.3, -0.25) is 9.59 Å². The maximum Gasteiger partial charge on any atom is 0.306 e. The number of carboxylic acids is 1. The van der Waals surface area contributed by atoms with Crippen molar-refractivity contribution in [2.45, 2.75) is 31.5 Å². The monoisotopic (exact) mass is 446 g/mol. The van der Waals surface area contributed by atoms with Crippen LogP contribution in [0, 0.1) is 11.7 Å². The van der Waals surface area contributed by atoms with Gasteiger partial charge >= 0.3 is 5.97 Å². The number of aliphatic carboxylic acids is 1. The van der Waals surface area contributed by atoms with Gasteiger partial charge < -0.3 is 14.6 Å². The second kappa shape index (κ2) is 8.81. The van der Waals surface area contributed by atoms with Crippen LogP contribution in [0.2, 0.25) is 0 Å². The van der Waals surface area contributed by atoms with Gasteiger partial charge in [-0.25, -0.2) is 4.39 Å².